The van der Waals surface area contributed by atoms with Crippen molar-refractivity contribution in [1.29, 1.82) is 0 Å². The second kappa shape index (κ2) is 8.26. The number of rotatable bonds is 7. The Morgan fingerprint density at radius 2 is 2.06 bits per heavy atom. The molecule has 0 amide bonds. The fraction of sp³-hybridized carbons (Fsp3) is 0.889. The number of nitrogens with zero attached hydrogens (tertiary/aromatic N) is 2. The predicted octanol–water partition coefficient (Wildman–Crippen LogP) is -0.913. The lowest BCUT2D eigenvalue weighted by Crippen LogP contribution is -2.44. The molecule has 0 aliphatic rings. The van der Waals surface area contributed by atoms with E-state index in [4.69, 9.17) is 5.84 Å². The van der Waals surface area contributed by atoms with Gasteiger partial charge in [0.2, 0.25) is 16.0 Å². The first-order chi connectivity index (χ1) is 7.94. The second-order valence-corrected chi connectivity index (χ2v) is 6.06. The number of hydrogen-bond donors (Lipinski definition) is 3. The Morgan fingerprint density at radius 1 is 1.41 bits per heavy atom. The molecule has 0 heterocycles. The highest BCUT2D eigenvalue weighted by atomic mass is 32.2. The fourth-order valence-electron chi connectivity index (χ4n) is 0.983. The van der Waals surface area contributed by atoms with E-state index in [-0.39, 0.29) is 12.3 Å². The van der Waals surface area contributed by atoms with Crippen LogP contribution in [-0.2, 0) is 10.0 Å². The summed E-state index contributed by atoms with van der Waals surface area (Å²) in [5.41, 5.74) is 2.41. The highest BCUT2D eigenvalue weighted by Gasteiger charge is 2.12. The third-order valence-corrected chi connectivity index (χ3v) is 3.96. The van der Waals surface area contributed by atoms with Crippen molar-refractivity contribution in [2.45, 2.75) is 19.8 Å². The molecular formula is C9H23N5O2S. The minimum atomic E-state index is -3.18. The van der Waals surface area contributed by atoms with Gasteiger partial charge in [-0.05, 0) is 6.42 Å². The zero-order valence-corrected chi connectivity index (χ0v) is 11.5. The number of unbranched alkanes of at least 4 members (excludes halogenated alkanes) is 1. The van der Waals surface area contributed by atoms with Crippen LogP contribution in [0, 0.1) is 0 Å². The fourth-order valence-corrected chi connectivity index (χ4v) is 1.71. The standard InChI is InChI=1S/C9H23N5O2S/c1-4-5-6-11-9(13-10)12-7-8-17(15,16)14(2)3/h4-8,10H2,1-3H3,(H2,11,12,13). The van der Waals surface area contributed by atoms with Gasteiger partial charge in [-0.25, -0.2) is 18.6 Å². The Balaban J connectivity index is 4.04. The summed E-state index contributed by atoms with van der Waals surface area (Å²) >= 11 is 0. The lowest BCUT2D eigenvalue weighted by molar-refractivity contribution is 0.519. The lowest BCUT2D eigenvalue weighted by atomic mass is 10.3. The van der Waals surface area contributed by atoms with Crippen molar-refractivity contribution in [3.63, 3.8) is 0 Å². The number of sulfonamides is 1. The summed E-state index contributed by atoms with van der Waals surface area (Å²) in [7, 11) is -0.167. The topological polar surface area (TPSA) is 99.8 Å². The van der Waals surface area contributed by atoms with E-state index in [2.05, 4.69) is 22.7 Å². The van der Waals surface area contributed by atoms with Crippen LogP contribution in [0.2, 0.25) is 0 Å². The molecule has 0 atom stereocenters. The first-order valence-electron chi connectivity index (χ1n) is 5.59. The van der Waals surface area contributed by atoms with Crippen molar-refractivity contribution in [1.82, 2.24) is 15.0 Å². The number of guanidine groups is 1. The number of hydrogen-bond acceptors (Lipinski definition) is 4. The highest BCUT2D eigenvalue weighted by Crippen LogP contribution is 1.92. The molecule has 0 aliphatic heterocycles. The number of nitrogens with one attached hydrogen (secondary N) is 2. The van der Waals surface area contributed by atoms with Gasteiger partial charge in [0.1, 0.15) is 0 Å². The van der Waals surface area contributed by atoms with Crippen molar-refractivity contribution >= 4 is 16.0 Å². The normalized spacial score (nSPS) is 12.9. The van der Waals surface area contributed by atoms with E-state index in [9.17, 15) is 8.42 Å². The van der Waals surface area contributed by atoms with Gasteiger partial charge in [-0.15, -0.1) is 0 Å². The largest absolute Gasteiger partial charge is 0.354 e. The molecule has 0 fully saturated rings. The van der Waals surface area contributed by atoms with Crippen LogP contribution in [-0.4, -0.2) is 51.6 Å². The van der Waals surface area contributed by atoms with Gasteiger partial charge < -0.3 is 5.32 Å². The van der Waals surface area contributed by atoms with Gasteiger partial charge in [-0.1, -0.05) is 13.3 Å². The molecule has 0 radical (unpaired) electrons. The first kappa shape index (κ1) is 16.1. The van der Waals surface area contributed by atoms with Crippen LogP contribution in [0.1, 0.15) is 19.8 Å². The Morgan fingerprint density at radius 3 is 2.53 bits per heavy atom. The third kappa shape index (κ3) is 7.14. The van der Waals surface area contributed by atoms with Crippen LogP contribution < -0.4 is 16.6 Å². The van der Waals surface area contributed by atoms with E-state index in [1.807, 2.05) is 0 Å². The number of aliphatic imine (C=N–C) groups is 1. The predicted molar refractivity (Wildman–Crippen MR) is 70.0 cm³/mol. The Hall–Kier alpha value is -0.860. The summed E-state index contributed by atoms with van der Waals surface area (Å²) in [5, 5.41) is 2.85. The quantitative estimate of drug-likeness (QED) is 0.182. The van der Waals surface area contributed by atoms with Crippen LogP contribution in [0.5, 0.6) is 0 Å². The lowest BCUT2D eigenvalue weighted by Gasteiger charge is -2.13. The Labute approximate surface area is 103 Å². The minimum Gasteiger partial charge on any atom is -0.354 e. The highest BCUT2D eigenvalue weighted by molar-refractivity contribution is 7.89. The van der Waals surface area contributed by atoms with E-state index in [1.54, 1.807) is 0 Å². The summed E-state index contributed by atoms with van der Waals surface area (Å²) in [5.74, 6) is 5.69. The van der Waals surface area contributed by atoms with Gasteiger partial charge in [0.05, 0.1) is 5.75 Å². The molecule has 8 heteroatoms. The zero-order chi connectivity index (χ0) is 13.3. The van der Waals surface area contributed by atoms with Crippen LogP contribution in [0.15, 0.2) is 4.99 Å². The third-order valence-electron chi connectivity index (χ3n) is 2.13. The van der Waals surface area contributed by atoms with Crippen LogP contribution >= 0.6 is 0 Å². The van der Waals surface area contributed by atoms with Gasteiger partial charge in [0.25, 0.3) is 0 Å². The van der Waals surface area contributed by atoms with Crippen molar-refractivity contribution in [3.05, 3.63) is 0 Å². The number of hydrazine groups is 1. The smallest absolute Gasteiger partial charge is 0.215 e. The minimum absolute atomic E-state index is 0.00841. The molecule has 0 saturated carbocycles. The molecule has 0 aromatic rings. The Kier molecular flexibility index (Phi) is 7.85. The van der Waals surface area contributed by atoms with E-state index in [1.165, 1.54) is 18.4 Å². The molecule has 0 rings (SSSR count). The summed E-state index contributed by atoms with van der Waals surface area (Å²) in [6, 6.07) is 0. The van der Waals surface area contributed by atoms with Crippen LogP contribution in [0.3, 0.4) is 0 Å². The second-order valence-electron chi connectivity index (χ2n) is 3.75. The van der Waals surface area contributed by atoms with E-state index < -0.39 is 10.0 Å². The molecule has 7 nitrogen and oxygen atoms in total. The van der Waals surface area contributed by atoms with Gasteiger partial charge in [-0.2, -0.15) is 0 Å². The van der Waals surface area contributed by atoms with Gasteiger partial charge in [0.15, 0.2) is 0 Å². The van der Waals surface area contributed by atoms with Crippen molar-refractivity contribution in [2.75, 3.05) is 32.9 Å². The monoisotopic (exact) mass is 265 g/mol. The molecule has 0 aromatic carbocycles. The van der Waals surface area contributed by atoms with E-state index in [0.29, 0.717) is 12.5 Å². The maximum absolute atomic E-state index is 11.5. The molecule has 4 N–H and O–H groups in total. The molecule has 0 aliphatic carbocycles. The Bertz CT molecular complexity index is 326. The first-order valence-corrected chi connectivity index (χ1v) is 7.20. The molecule has 0 spiro atoms. The molecule has 0 aromatic heterocycles. The molecule has 102 valence electrons. The van der Waals surface area contributed by atoms with Gasteiger partial charge in [0, 0.05) is 27.2 Å². The molecular weight excluding hydrogens is 242 g/mol. The molecule has 0 bridgehead atoms. The maximum atomic E-state index is 11.5. The average molecular weight is 265 g/mol. The SMILES string of the molecule is CCCCN=C(NN)NCCS(=O)(=O)N(C)C. The zero-order valence-electron chi connectivity index (χ0n) is 10.7. The van der Waals surface area contributed by atoms with Gasteiger partial charge in [-0.3, -0.25) is 10.4 Å². The summed E-state index contributed by atoms with van der Waals surface area (Å²) in [6.45, 7) is 3.02. The van der Waals surface area contributed by atoms with Crippen molar-refractivity contribution in [2.24, 2.45) is 10.8 Å². The maximum Gasteiger partial charge on any atom is 0.215 e. The van der Waals surface area contributed by atoms with E-state index in [0.717, 1.165) is 12.8 Å². The molecule has 0 unspecified atom stereocenters. The van der Waals surface area contributed by atoms with Crippen LogP contribution in [0.25, 0.3) is 0 Å². The van der Waals surface area contributed by atoms with Crippen molar-refractivity contribution < 1.29 is 8.42 Å². The summed E-state index contributed by atoms with van der Waals surface area (Å²) < 4.78 is 24.1. The average Bonchev–Trinajstić information content (AvgIpc) is 2.26. The van der Waals surface area contributed by atoms with Crippen molar-refractivity contribution in [3.8, 4) is 0 Å². The molecule has 17 heavy (non-hydrogen) atoms. The van der Waals surface area contributed by atoms with Gasteiger partial charge >= 0.3 is 0 Å². The molecule has 0 saturated heterocycles. The van der Waals surface area contributed by atoms with Crippen LogP contribution in [0.4, 0.5) is 0 Å². The van der Waals surface area contributed by atoms with E-state index >= 15 is 0 Å². The number of nitrogens with two attached hydrogens (primary N) is 1. The summed E-state index contributed by atoms with van der Waals surface area (Å²) in [4.78, 5) is 4.16. The summed E-state index contributed by atoms with van der Waals surface area (Å²) in [6.07, 6.45) is 2.03.